The third kappa shape index (κ3) is 2.70. The first-order chi connectivity index (χ1) is 8.36. The first-order valence-corrected chi connectivity index (χ1v) is 7.33. The Morgan fingerprint density at radius 3 is 2.33 bits per heavy atom. The van der Waals surface area contributed by atoms with E-state index in [0.717, 1.165) is 11.3 Å². The number of rotatable bonds is 3. The Kier molecular flexibility index (Phi) is 3.13. The van der Waals surface area contributed by atoms with Gasteiger partial charge >= 0.3 is 0 Å². The molecule has 1 heterocycles. The summed E-state index contributed by atoms with van der Waals surface area (Å²) < 4.78 is 24.5. The van der Waals surface area contributed by atoms with E-state index in [4.69, 9.17) is 5.73 Å². The third-order valence-electron chi connectivity index (χ3n) is 2.63. The molecule has 0 aliphatic carbocycles. The van der Waals surface area contributed by atoms with Gasteiger partial charge in [-0.1, -0.05) is 12.1 Å². The van der Waals surface area contributed by atoms with Gasteiger partial charge in [0.15, 0.2) is 9.84 Å². The minimum Gasteiger partial charge on any atom is -0.369 e. The molecule has 1 aromatic carbocycles. The van der Waals surface area contributed by atoms with Crippen LogP contribution in [0.25, 0.3) is 0 Å². The lowest BCUT2D eigenvalue weighted by atomic mass is 10.2. The molecular formula is C12H15N3O2S. The summed E-state index contributed by atoms with van der Waals surface area (Å²) in [5.74, 6) is 0.458. The standard InChI is InChI=1S/C12H15N3O2S/c1-9-7-15(12(13)14-9)8-10-3-5-11(6-4-10)18(2,16)17/h3-7H,8H2,1-2H3,(H2,13,14). The summed E-state index contributed by atoms with van der Waals surface area (Å²) in [5.41, 5.74) is 7.58. The number of hydrogen-bond acceptors (Lipinski definition) is 4. The van der Waals surface area contributed by atoms with Gasteiger partial charge < -0.3 is 10.3 Å². The van der Waals surface area contributed by atoms with Gasteiger partial charge in [-0.25, -0.2) is 13.4 Å². The molecule has 18 heavy (non-hydrogen) atoms. The van der Waals surface area contributed by atoms with E-state index < -0.39 is 9.84 Å². The van der Waals surface area contributed by atoms with E-state index in [2.05, 4.69) is 4.98 Å². The van der Waals surface area contributed by atoms with Crippen molar-refractivity contribution in [1.29, 1.82) is 0 Å². The van der Waals surface area contributed by atoms with E-state index in [9.17, 15) is 8.42 Å². The maximum atomic E-state index is 11.3. The number of sulfone groups is 1. The summed E-state index contributed by atoms with van der Waals surface area (Å²) in [6, 6.07) is 6.77. The van der Waals surface area contributed by atoms with E-state index in [-0.39, 0.29) is 0 Å². The molecule has 2 rings (SSSR count). The minimum atomic E-state index is -3.14. The van der Waals surface area contributed by atoms with Crippen LogP contribution in [0.15, 0.2) is 35.4 Å². The Hall–Kier alpha value is -1.82. The van der Waals surface area contributed by atoms with E-state index in [0.29, 0.717) is 17.4 Å². The molecule has 0 unspecified atom stereocenters. The molecule has 0 aliphatic rings. The van der Waals surface area contributed by atoms with Crippen LogP contribution >= 0.6 is 0 Å². The first-order valence-electron chi connectivity index (χ1n) is 5.44. The molecule has 2 aromatic rings. The van der Waals surface area contributed by atoms with Crippen LogP contribution in [0.3, 0.4) is 0 Å². The molecule has 0 saturated carbocycles. The maximum absolute atomic E-state index is 11.3. The van der Waals surface area contributed by atoms with Gasteiger partial charge in [0.05, 0.1) is 17.1 Å². The van der Waals surface area contributed by atoms with Crippen LogP contribution < -0.4 is 5.73 Å². The highest BCUT2D eigenvalue weighted by molar-refractivity contribution is 7.90. The molecule has 0 bridgehead atoms. The Morgan fingerprint density at radius 1 is 1.28 bits per heavy atom. The highest BCUT2D eigenvalue weighted by Crippen LogP contribution is 2.13. The Labute approximate surface area is 106 Å². The molecule has 6 heteroatoms. The first kappa shape index (κ1) is 12.6. The SMILES string of the molecule is Cc1cn(Cc2ccc(S(C)(=O)=O)cc2)c(N)n1. The Morgan fingerprint density at radius 2 is 1.89 bits per heavy atom. The number of hydrogen-bond donors (Lipinski definition) is 1. The van der Waals surface area contributed by atoms with Crippen LogP contribution in [0.1, 0.15) is 11.3 Å². The molecule has 0 radical (unpaired) electrons. The number of nitrogens with two attached hydrogens (primary N) is 1. The van der Waals surface area contributed by atoms with Crippen molar-refractivity contribution in [3.8, 4) is 0 Å². The Bertz CT molecular complexity index is 657. The topological polar surface area (TPSA) is 78.0 Å². The van der Waals surface area contributed by atoms with Crippen LogP contribution in [0.4, 0.5) is 5.95 Å². The largest absolute Gasteiger partial charge is 0.369 e. The van der Waals surface area contributed by atoms with Crippen LogP contribution in [0.5, 0.6) is 0 Å². The van der Waals surface area contributed by atoms with E-state index >= 15 is 0 Å². The summed E-state index contributed by atoms with van der Waals surface area (Å²) in [6.07, 6.45) is 3.05. The highest BCUT2D eigenvalue weighted by Gasteiger charge is 2.07. The van der Waals surface area contributed by atoms with Crippen molar-refractivity contribution in [1.82, 2.24) is 9.55 Å². The van der Waals surface area contributed by atoms with Crippen LogP contribution in [0, 0.1) is 6.92 Å². The summed E-state index contributed by atoms with van der Waals surface area (Å²) >= 11 is 0. The summed E-state index contributed by atoms with van der Waals surface area (Å²) in [5, 5.41) is 0. The van der Waals surface area contributed by atoms with Crippen molar-refractivity contribution < 1.29 is 8.42 Å². The van der Waals surface area contributed by atoms with Crippen molar-refractivity contribution >= 4 is 15.8 Å². The van der Waals surface area contributed by atoms with Gasteiger partial charge in [0.25, 0.3) is 0 Å². The highest BCUT2D eigenvalue weighted by atomic mass is 32.2. The second-order valence-electron chi connectivity index (χ2n) is 4.28. The zero-order valence-electron chi connectivity index (χ0n) is 10.3. The van der Waals surface area contributed by atoms with Crippen molar-refractivity contribution in [2.75, 3.05) is 12.0 Å². The van der Waals surface area contributed by atoms with Crippen LogP contribution in [-0.2, 0) is 16.4 Å². The van der Waals surface area contributed by atoms with E-state index in [1.165, 1.54) is 6.26 Å². The number of imidazole rings is 1. The van der Waals surface area contributed by atoms with Gasteiger partial charge in [0.2, 0.25) is 5.95 Å². The molecule has 0 fully saturated rings. The second kappa shape index (κ2) is 4.45. The predicted octanol–water partition coefficient (Wildman–Crippen LogP) is 1.23. The number of aromatic nitrogens is 2. The summed E-state index contributed by atoms with van der Waals surface area (Å²) in [7, 11) is -3.14. The number of aryl methyl sites for hydroxylation is 1. The number of nitrogen functional groups attached to an aromatic ring is 1. The molecule has 0 amide bonds. The van der Waals surface area contributed by atoms with E-state index in [1.54, 1.807) is 24.3 Å². The smallest absolute Gasteiger partial charge is 0.200 e. The van der Waals surface area contributed by atoms with Crippen LogP contribution in [-0.4, -0.2) is 24.2 Å². The molecule has 5 nitrogen and oxygen atoms in total. The molecule has 1 aromatic heterocycles. The summed E-state index contributed by atoms with van der Waals surface area (Å²) in [6.45, 7) is 2.45. The fourth-order valence-corrected chi connectivity index (χ4v) is 2.36. The Balaban J connectivity index is 2.24. The predicted molar refractivity (Wildman–Crippen MR) is 70.0 cm³/mol. The molecule has 0 atom stereocenters. The van der Waals surface area contributed by atoms with Gasteiger partial charge in [0.1, 0.15) is 0 Å². The number of nitrogens with zero attached hydrogens (tertiary/aromatic N) is 2. The maximum Gasteiger partial charge on any atom is 0.200 e. The van der Waals surface area contributed by atoms with Gasteiger partial charge in [-0.2, -0.15) is 0 Å². The lowest BCUT2D eigenvalue weighted by Gasteiger charge is -2.05. The average molecular weight is 265 g/mol. The molecule has 0 spiro atoms. The van der Waals surface area contributed by atoms with Crippen molar-refractivity contribution in [3.63, 3.8) is 0 Å². The van der Waals surface area contributed by atoms with Gasteiger partial charge in [-0.15, -0.1) is 0 Å². The normalized spacial score (nSPS) is 11.7. The van der Waals surface area contributed by atoms with Crippen LogP contribution in [0.2, 0.25) is 0 Å². The molecule has 0 saturated heterocycles. The lowest BCUT2D eigenvalue weighted by Crippen LogP contribution is -2.04. The van der Waals surface area contributed by atoms with Gasteiger partial charge in [0, 0.05) is 12.5 Å². The molecule has 0 aliphatic heterocycles. The zero-order chi connectivity index (χ0) is 13.3. The minimum absolute atomic E-state index is 0.320. The lowest BCUT2D eigenvalue weighted by molar-refractivity contribution is 0.602. The summed E-state index contributed by atoms with van der Waals surface area (Å²) in [4.78, 5) is 4.43. The third-order valence-corrected chi connectivity index (χ3v) is 3.76. The van der Waals surface area contributed by atoms with Crippen molar-refractivity contribution in [3.05, 3.63) is 41.7 Å². The van der Waals surface area contributed by atoms with E-state index in [1.807, 2.05) is 17.7 Å². The van der Waals surface area contributed by atoms with Crippen molar-refractivity contribution in [2.45, 2.75) is 18.4 Å². The fourth-order valence-electron chi connectivity index (χ4n) is 1.73. The second-order valence-corrected chi connectivity index (χ2v) is 6.30. The fraction of sp³-hybridized carbons (Fsp3) is 0.250. The monoisotopic (exact) mass is 265 g/mol. The zero-order valence-corrected chi connectivity index (χ0v) is 11.1. The van der Waals surface area contributed by atoms with Gasteiger partial charge in [-0.3, -0.25) is 0 Å². The molecule has 2 N–H and O–H groups in total. The molecule has 96 valence electrons. The quantitative estimate of drug-likeness (QED) is 0.905. The number of anilines is 1. The molecular weight excluding hydrogens is 250 g/mol. The number of benzene rings is 1. The van der Waals surface area contributed by atoms with Crippen molar-refractivity contribution in [2.24, 2.45) is 0 Å². The average Bonchev–Trinajstić information content (AvgIpc) is 2.57. The van der Waals surface area contributed by atoms with Gasteiger partial charge in [-0.05, 0) is 24.6 Å².